The van der Waals surface area contributed by atoms with E-state index in [2.05, 4.69) is 10.2 Å². The molecule has 0 bridgehead atoms. The van der Waals surface area contributed by atoms with E-state index in [9.17, 15) is 14.7 Å². The molecule has 1 aliphatic heterocycles. The summed E-state index contributed by atoms with van der Waals surface area (Å²) >= 11 is 5.95. The number of carbonyl (C=O) groups is 2. The monoisotopic (exact) mass is 471 g/mol. The molecule has 2 heterocycles. The number of hydrogen-bond donors (Lipinski definition) is 3. The number of nitrogens with two attached hydrogens (primary N) is 1. The van der Waals surface area contributed by atoms with Crippen LogP contribution in [0.15, 0.2) is 34.7 Å². The maximum absolute atomic E-state index is 13.0. The molecule has 8 nitrogen and oxygen atoms in total. The zero-order chi connectivity index (χ0) is 23.7. The number of furan rings is 1. The molecule has 1 saturated heterocycles. The number of primary amides is 1. The van der Waals surface area contributed by atoms with Crippen LogP contribution < -0.4 is 15.8 Å². The summed E-state index contributed by atoms with van der Waals surface area (Å²) in [6.45, 7) is 4.24. The highest BCUT2D eigenvalue weighted by atomic mass is 35.5. The third-order valence-corrected chi connectivity index (χ3v) is 6.31. The minimum atomic E-state index is -0.853. The Morgan fingerprint density at radius 3 is 2.55 bits per heavy atom. The molecular weight excluding hydrogens is 446 g/mol. The van der Waals surface area contributed by atoms with Gasteiger partial charge in [0.1, 0.15) is 17.1 Å². The molecule has 33 heavy (non-hydrogen) atoms. The Hall–Kier alpha value is -3.23. The number of aromatic hydroxyl groups is 1. The van der Waals surface area contributed by atoms with Gasteiger partial charge >= 0.3 is 0 Å². The Kier molecular flexibility index (Phi) is 6.49. The summed E-state index contributed by atoms with van der Waals surface area (Å²) in [5, 5.41) is 14.4. The number of carbonyl (C=O) groups excluding carboxylic acids is 2. The topological polar surface area (TPSA) is 118 Å². The van der Waals surface area contributed by atoms with Crippen LogP contribution in [0.25, 0.3) is 11.0 Å². The lowest BCUT2D eigenvalue weighted by Crippen LogP contribution is -2.44. The number of piperidine rings is 1. The first-order chi connectivity index (χ1) is 15.8. The Morgan fingerprint density at radius 1 is 1.27 bits per heavy atom. The van der Waals surface area contributed by atoms with Crippen LogP contribution in [0.3, 0.4) is 0 Å². The second-order valence-electron chi connectivity index (χ2n) is 8.25. The lowest BCUT2D eigenvalue weighted by molar-refractivity contribution is 0.0880. The van der Waals surface area contributed by atoms with Gasteiger partial charge in [-0.2, -0.15) is 0 Å². The molecule has 4 rings (SSSR count). The van der Waals surface area contributed by atoms with E-state index in [1.54, 1.807) is 6.92 Å². The lowest BCUT2D eigenvalue weighted by atomic mass is 10.0. The zero-order valence-electron chi connectivity index (χ0n) is 18.5. The fourth-order valence-corrected chi connectivity index (χ4v) is 4.45. The van der Waals surface area contributed by atoms with Crippen molar-refractivity contribution in [3.8, 4) is 11.5 Å². The van der Waals surface area contributed by atoms with Crippen molar-refractivity contribution in [2.45, 2.75) is 32.4 Å². The third kappa shape index (κ3) is 4.62. The number of benzene rings is 2. The van der Waals surface area contributed by atoms with E-state index in [4.69, 9.17) is 26.5 Å². The van der Waals surface area contributed by atoms with Crippen LogP contribution in [-0.4, -0.2) is 48.1 Å². The first-order valence-electron chi connectivity index (χ1n) is 10.7. The Morgan fingerprint density at radius 2 is 1.94 bits per heavy atom. The minimum Gasteiger partial charge on any atom is -0.507 e. The van der Waals surface area contributed by atoms with Crippen molar-refractivity contribution in [2.75, 3.05) is 20.2 Å². The molecule has 0 radical (unpaired) electrons. The van der Waals surface area contributed by atoms with Crippen LogP contribution in [-0.2, 0) is 6.54 Å². The summed E-state index contributed by atoms with van der Waals surface area (Å²) in [6, 6.07) is 9.11. The van der Waals surface area contributed by atoms with Gasteiger partial charge in [-0.05, 0) is 37.5 Å². The summed E-state index contributed by atoms with van der Waals surface area (Å²) in [4.78, 5) is 27.2. The quantitative estimate of drug-likeness (QED) is 0.505. The van der Waals surface area contributed by atoms with Gasteiger partial charge in [0.25, 0.3) is 11.8 Å². The van der Waals surface area contributed by atoms with Gasteiger partial charge in [-0.3, -0.25) is 14.5 Å². The number of methoxy groups -OCH3 is 1. The van der Waals surface area contributed by atoms with E-state index in [1.807, 2.05) is 24.3 Å². The Bertz CT molecular complexity index is 1200. The second-order valence-corrected chi connectivity index (χ2v) is 8.68. The molecule has 1 aliphatic rings. The number of halogens is 1. The lowest BCUT2D eigenvalue weighted by Gasteiger charge is -2.32. The van der Waals surface area contributed by atoms with Crippen LogP contribution in [0.2, 0.25) is 5.02 Å². The molecule has 3 aromatic rings. The predicted molar refractivity (Wildman–Crippen MR) is 125 cm³/mol. The SMILES string of the molecule is COc1cc(O)c(C(N)=O)c2oc(C(=O)NC3CCN(Cc4ccc(Cl)cc4)CC3)c(C)c12. The number of phenols is 1. The van der Waals surface area contributed by atoms with Crippen molar-refractivity contribution < 1.29 is 23.8 Å². The number of likely N-dealkylation sites (tertiary alicyclic amines) is 1. The van der Waals surface area contributed by atoms with E-state index in [0.717, 1.165) is 37.5 Å². The highest BCUT2D eigenvalue weighted by molar-refractivity contribution is 6.30. The van der Waals surface area contributed by atoms with Crippen LogP contribution in [0.4, 0.5) is 0 Å². The van der Waals surface area contributed by atoms with Gasteiger partial charge in [-0.1, -0.05) is 23.7 Å². The molecule has 4 N–H and O–H groups in total. The Balaban J connectivity index is 1.47. The van der Waals surface area contributed by atoms with Crippen molar-refractivity contribution in [2.24, 2.45) is 5.73 Å². The second kappa shape index (κ2) is 9.33. The number of aryl methyl sites for hydroxylation is 1. The fourth-order valence-electron chi connectivity index (χ4n) is 4.32. The molecule has 174 valence electrons. The first kappa shape index (κ1) is 22.9. The molecule has 0 saturated carbocycles. The van der Waals surface area contributed by atoms with Gasteiger partial charge in [0.15, 0.2) is 11.3 Å². The molecule has 1 aromatic heterocycles. The molecule has 9 heteroatoms. The fraction of sp³-hybridized carbons (Fsp3) is 0.333. The van der Waals surface area contributed by atoms with Gasteiger partial charge in [-0.25, -0.2) is 0 Å². The highest BCUT2D eigenvalue weighted by Gasteiger charge is 2.28. The van der Waals surface area contributed by atoms with E-state index >= 15 is 0 Å². The van der Waals surface area contributed by atoms with Crippen molar-refractivity contribution in [3.63, 3.8) is 0 Å². The summed E-state index contributed by atoms with van der Waals surface area (Å²) in [5.41, 5.74) is 7.00. The summed E-state index contributed by atoms with van der Waals surface area (Å²) in [7, 11) is 1.43. The standard InChI is InChI=1S/C24H26ClN3O5/c1-13-19-18(32-2)11-17(29)20(23(26)30)22(19)33-21(13)24(31)27-16-7-9-28(10-8-16)12-14-3-5-15(25)6-4-14/h3-6,11,16,29H,7-10,12H2,1-2H3,(H2,26,30)(H,27,31). The number of rotatable bonds is 6. The number of fused-ring (bicyclic) bond motifs is 1. The number of hydrogen-bond acceptors (Lipinski definition) is 6. The maximum Gasteiger partial charge on any atom is 0.287 e. The maximum atomic E-state index is 13.0. The number of amides is 2. The number of nitrogens with zero attached hydrogens (tertiary/aromatic N) is 1. The van der Waals surface area contributed by atoms with Gasteiger partial charge in [0.2, 0.25) is 0 Å². The summed E-state index contributed by atoms with van der Waals surface area (Å²) < 4.78 is 11.1. The van der Waals surface area contributed by atoms with E-state index in [0.29, 0.717) is 16.7 Å². The highest BCUT2D eigenvalue weighted by Crippen LogP contribution is 2.40. The van der Waals surface area contributed by atoms with Gasteiger partial charge in [0.05, 0.1) is 12.5 Å². The van der Waals surface area contributed by atoms with Gasteiger partial charge in [0, 0.05) is 42.3 Å². The molecule has 0 unspecified atom stereocenters. The smallest absolute Gasteiger partial charge is 0.287 e. The van der Waals surface area contributed by atoms with Crippen LogP contribution in [0.5, 0.6) is 11.5 Å². The van der Waals surface area contributed by atoms with E-state index in [-0.39, 0.29) is 34.6 Å². The van der Waals surface area contributed by atoms with Crippen molar-refractivity contribution in [1.82, 2.24) is 10.2 Å². The van der Waals surface area contributed by atoms with Crippen molar-refractivity contribution in [1.29, 1.82) is 0 Å². The normalized spacial score (nSPS) is 15.0. The van der Waals surface area contributed by atoms with E-state index < -0.39 is 5.91 Å². The predicted octanol–water partition coefficient (Wildman–Crippen LogP) is 3.60. The van der Waals surface area contributed by atoms with Crippen molar-refractivity contribution in [3.05, 3.63) is 57.8 Å². The third-order valence-electron chi connectivity index (χ3n) is 6.06. The molecule has 2 amide bonds. The first-order valence-corrected chi connectivity index (χ1v) is 11.1. The molecule has 0 aliphatic carbocycles. The number of nitrogens with one attached hydrogen (secondary N) is 1. The largest absolute Gasteiger partial charge is 0.507 e. The molecule has 1 fully saturated rings. The summed E-state index contributed by atoms with van der Waals surface area (Å²) in [5.74, 6) is -1.23. The number of ether oxygens (including phenoxy) is 1. The molecular formula is C24H26ClN3O5. The molecule has 0 atom stereocenters. The van der Waals surface area contributed by atoms with Crippen LogP contribution in [0.1, 0.15) is 44.9 Å². The van der Waals surface area contributed by atoms with Crippen LogP contribution in [0, 0.1) is 6.92 Å². The molecule has 2 aromatic carbocycles. The average Bonchev–Trinajstić information content (AvgIpc) is 3.12. The summed E-state index contributed by atoms with van der Waals surface area (Å²) in [6.07, 6.45) is 1.60. The Labute approximate surface area is 196 Å². The van der Waals surface area contributed by atoms with Crippen LogP contribution >= 0.6 is 11.6 Å². The zero-order valence-corrected chi connectivity index (χ0v) is 19.2. The van der Waals surface area contributed by atoms with Gasteiger partial charge < -0.3 is 25.3 Å². The van der Waals surface area contributed by atoms with Gasteiger partial charge in [-0.15, -0.1) is 0 Å². The average molecular weight is 472 g/mol. The molecule has 0 spiro atoms. The van der Waals surface area contributed by atoms with Crippen molar-refractivity contribution >= 4 is 34.4 Å². The van der Waals surface area contributed by atoms with E-state index in [1.165, 1.54) is 18.7 Å². The minimum absolute atomic E-state index is 0.00232.